The van der Waals surface area contributed by atoms with Crippen LogP contribution in [0.1, 0.15) is 43.4 Å². The number of nitrogens with two attached hydrogens (primary N) is 1. The molecule has 1 aromatic carbocycles. The van der Waals surface area contributed by atoms with Crippen molar-refractivity contribution in [2.24, 2.45) is 5.41 Å². The zero-order chi connectivity index (χ0) is 22.1. The van der Waals surface area contributed by atoms with Gasteiger partial charge in [-0.15, -0.1) is 0 Å². The molecule has 30 heavy (non-hydrogen) atoms. The number of amides is 2. The van der Waals surface area contributed by atoms with Gasteiger partial charge in [0.15, 0.2) is 5.69 Å². The van der Waals surface area contributed by atoms with Gasteiger partial charge in [0.25, 0.3) is 5.91 Å². The fourth-order valence-electron chi connectivity index (χ4n) is 3.83. The Morgan fingerprint density at radius 1 is 1.20 bits per heavy atom. The quantitative estimate of drug-likeness (QED) is 0.665. The van der Waals surface area contributed by atoms with E-state index in [2.05, 4.69) is 20.1 Å². The summed E-state index contributed by atoms with van der Waals surface area (Å²) in [6.45, 7) is 8.04. The van der Waals surface area contributed by atoms with Crippen LogP contribution in [0, 0.1) is 5.41 Å². The maximum absolute atomic E-state index is 13.3. The molecule has 2 aromatic rings. The van der Waals surface area contributed by atoms with Gasteiger partial charge in [-0.3, -0.25) is 9.59 Å². The molecule has 0 spiro atoms. The van der Waals surface area contributed by atoms with E-state index in [4.69, 9.17) is 10.7 Å². The van der Waals surface area contributed by atoms with Crippen molar-refractivity contribution in [2.45, 2.75) is 46.3 Å². The number of nitrogen functional groups attached to an aromatic ring is 1. The number of rotatable bonds is 4. The molecule has 8 heteroatoms. The summed E-state index contributed by atoms with van der Waals surface area (Å²) >= 11 is 0. The number of nitrogens with one attached hydrogen (secondary N) is 2. The van der Waals surface area contributed by atoms with E-state index >= 15 is 0 Å². The second-order valence-corrected chi connectivity index (χ2v) is 8.95. The van der Waals surface area contributed by atoms with Crippen LogP contribution in [0.5, 0.6) is 0 Å². The zero-order valence-electron chi connectivity index (χ0n) is 18.5. The average molecular weight is 413 g/mol. The zero-order valence-corrected chi connectivity index (χ0v) is 18.5. The van der Waals surface area contributed by atoms with E-state index in [1.54, 1.807) is 7.05 Å². The number of likely N-dealkylation sites (N-methyl/N-ethyl adjacent to an activating group) is 1. The lowest BCUT2D eigenvalue weighted by Crippen LogP contribution is -2.53. The molecule has 0 bridgehead atoms. The fraction of sp³-hybridized carbons (Fsp3) is 0.500. The van der Waals surface area contributed by atoms with E-state index < -0.39 is 11.5 Å². The third-order valence-electron chi connectivity index (χ3n) is 5.48. The molecule has 1 aromatic heterocycles. The summed E-state index contributed by atoms with van der Waals surface area (Å²) in [5, 5.41) is 5.55. The molecule has 8 nitrogen and oxygen atoms in total. The van der Waals surface area contributed by atoms with E-state index in [9.17, 15) is 9.59 Å². The van der Waals surface area contributed by atoms with E-state index in [0.29, 0.717) is 23.8 Å². The molecular formula is C22H32N6O2. The molecule has 1 aliphatic rings. The number of para-hydroxylation sites is 1. The number of fused-ring (bicyclic) bond motifs is 1. The van der Waals surface area contributed by atoms with Gasteiger partial charge in [-0.2, -0.15) is 0 Å². The van der Waals surface area contributed by atoms with Crippen molar-refractivity contribution < 1.29 is 9.59 Å². The van der Waals surface area contributed by atoms with E-state index in [1.165, 1.54) is 0 Å². The average Bonchev–Trinajstić information content (AvgIpc) is 2.91. The summed E-state index contributed by atoms with van der Waals surface area (Å²) in [5.41, 5.74) is 8.38. The molecule has 0 aliphatic carbocycles. The Balaban J connectivity index is 2.07. The molecule has 3 rings (SSSR count). The monoisotopic (exact) mass is 412 g/mol. The molecule has 0 saturated carbocycles. The van der Waals surface area contributed by atoms with Gasteiger partial charge in [-0.1, -0.05) is 32.9 Å². The summed E-state index contributed by atoms with van der Waals surface area (Å²) < 4.78 is 2.09. The number of aromatic nitrogens is 2. The number of hydrogen-bond acceptors (Lipinski definition) is 5. The molecule has 4 N–H and O–H groups in total. The fourth-order valence-corrected chi connectivity index (χ4v) is 3.83. The molecule has 0 saturated heterocycles. The molecule has 1 atom stereocenters. The van der Waals surface area contributed by atoms with E-state index in [-0.39, 0.29) is 11.8 Å². The molecule has 162 valence electrons. The van der Waals surface area contributed by atoms with Crippen LogP contribution in [0.3, 0.4) is 0 Å². The number of carbonyl (C=O) groups is 2. The van der Waals surface area contributed by atoms with Crippen molar-refractivity contribution in [3.05, 3.63) is 35.7 Å². The summed E-state index contributed by atoms with van der Waals surface area (Å²) in [5.74, 6) is 0.111. The lowest BCUT2D eigenvalue weighted by Gasteiger charge is -2.29. The highest BCUT2D eigenvalue weighted by Crippen LogP contribution is 2.30. The van der Waals surface area contributed by atoms with Crippen LogP contribution in [0.4, 0.5) is 5.69 Å². The highest BCUT2D eigenvalue weighted by Gasteiger charge is 2.34. The van der Waals surface area contributed by atoms with Gasteiger partial charge in [-0.25, -0.2) is 4.98 Å². The topological polar surface area (TPSA) is 105 Å². The van der Waals surface area contributed by atoms with Gasteiger partial charge in [0.05, 0.1) is 5.69 Å². The van der Waals surface area contributed by atoms with Crippen molar-refractivity contribution in [2.75, 3.05) is 26.4 Å². The Hall–Kier alpha value is -2.87. The normalized spacial score (nSPS) is 15.8. The van der Waals surface area contributed by atoms with Crippen LogP contribution in [-0.4, -0.2) is 52.9 Å². The first kappa shape index (κ1) is 21.8. The minimum absolute atomic E-state index is 0.231. The minimum atomic E-state index is -0.680. The number of imidazole rings is 1. The molecule has 1 aliphatic heterocycles. The number of nitrogens with zero attached hydrogens (tertiary/aromatic N) is 3. The second-order valence-electron chi connectivity index (χ2n) is 8.95. The molecule has 2 heterocycles. The maximum atomic E-state index is 13.3. The summed E-state index contributed by atoms with van der Waals surface area (Å²) in [7, 11) is 3.60. The second kappa shape index (κ2) is 8.47. The van der Waals surface area contributed by atoms with Gasteiger partial charge < -0.3 is 25.8 Å². The first-order valence-electron chi connectivity index (χ1n) is 10.3. The Morgan fingerprint density at radius 2 is 1.90 bits per heavy atom. The van der Waals surface area contributed by atoms with Gasteiger partial charge >= 0.3 is 0 Å². The first-order chi connectivity index (χ1) is 14.1. The van der Waals surface area contributed by atoms with Gasteiger partial charge in [0.2, 0.25) is 5.91 Å². The van der Waals surface area contributed by atoms with Gasteiger partial charge in [0.1, 0.15) is 11.9 Å². The van der Waals surface area contributed by atoms with Crippen molar-refractivity contribution in [1.82, 2.24) is 25.1 Å². The van der Waals surface area contributed by atoms with E-state index in [1.807, 2.05) is 52.1 Å². The Morgan fingerprint density at radius 3 is 2.53 bits per heavy atom. The number of carbonyl (C=O) groups excluding carboxylic acids is 2. The predicted octanol–water partition coefficient (Wildman–Crippen LogP) is 1.86. The van der Waals surface area contributed by atoms with Crippen LogP contribution in [-0.2, 0) is 17.9 Å². The smallest absolute Gasteiger partial charge is 0.272 e. The van der Waals surface area contributed by atoms with Gasteiger partial charge in [0, 0.05) is 31.4 Å². The SMILES string of the molecule is CNC(=O)C(NC(=O)c1nc(-c2ccccc2N)n2c1CN(C)CCC2)C(C)(C)C. The lowest BCUT2D eigenvalue weighted by molar-refractivity contribution is -0.124. The third-order valence-corrected chi connectivity index (χ3v) is 5.48. The van der Waals surface area contributed by atoms with Crippen LogP contribution in [0.2, 0.25) is 0 Å². The molecule has 0 fully saturated rings. The lowest BCUT2D eigenvalue weighted by atomic mass is 9.86. The Kier molecular flexibility index (Phi) is 6.17. The number of anilines is 1. The first-order valence-corrected chi connectivity index (χ1v) is 10.3. The number of hydrogen-bond donors (Lipinski definition) is 3. The molecule has 2 amide bonds. The summed E-state index contributed by atoms with van der Waals surface area (Å²) in [6.07, 6.45) is 0.948. The van der Waals surface area contributed by atoms with Crippen molar-refractivity contribution >= 4 is 17.5 Å². The number of benzene rings is 1. The largest absolute Gasteiger partial charge is 0.398 e. The van der Waals surface area contributed by atoms with Crippen LogP contribution in [0.15, 0.2) is 24.3 Å². The highest BCUT2D eigenvalue weighted by atomic mass is 16.2. The Labute approximate surface area is 177 Å². The maximum Gasteiger partial charge on any atom is 0.272 e. The van der Waals surface area contributed by atoms with Crippen LogP contribution in [0.25, 0.3) is 11.4 Å². The van der Waals surface area contributed by atoms with Crippen molar-refractivity contribution in [3.8, 4) is 11.4 Å². The van der Waals surface area contributed by atoms with Gasteiger partial charge in [-0.05, 0) is 37.6 Å². The summed E-state index contributed by atoms with van der Waals surface area (Å²) in [6, 6.07) is 6.87. The van der Waals surface area contributed by atoms with Crippen molar-refractivity contribution in [1.29, 1.82) is 0 Å². The minimum Gasteiger partial charge on any atom is -0.398 e. The van der Waals surface area contributed by atoms with Crippen LogP contribution < -0.4 is 16.4 Å². The van der Waals surface area contributed by atoms with E-state index in [0.717, 1.165) is 30.8 Å². The Bertz CT molecular complexity index is 944. The summed E-state index contributed by atoms with van der Waals surface area (Å²) in [4.78, 5) is 32.7. The standard InChI is InChI=1S/C22H32N6O2/c1-22(2,3)18(21(30)24-4)26-20(29)17-16-13-27(5)11-8-12-28(16)19(25-17)14-9-6-7-10-15(14)23/h6-7,9-10,18H,8,11-13,23H2,1-5H3,(H,24,30)(H,26,29). The van der Waals surface area contributed by atoms with Crippen molar-refractivity contribution in [3.63, 3.8) is 0 Å². The third kappa shape index (κ3) is 4.33. The van der Waals surface area contributed by atoms with Crippen LogP contribution >= 0.6 is 0 Å². The highest BCUT2D eigenvalue weighted by molar-refractivity contribution is 5.98. The predicted molar refractivity (Wildman–Crippen MR) is 118 cm³/mol. The molecular weight excluding hydrogens is 380 g/mol. The molecule has 1 unspecified atom stereocenters. The molecule has 0 radical (unpaired) electrons.